The van der Waals surface area contributed by atoms with Crippen LogP contribution in [0.1, 0.15) is 39.0 Å². The summed E-state index contributed by atoms with van der Waals surface area (Å²) in [5.74, 6) is 0. The second kappa shape index (κ2) is 1.62. The SMILES string of the molecule is CC1=CCCC2(CC2)C1. The van der Waals surface area contributed by atoms with Gasteiger partial charge in [-0.25, -0.2) is 0 Å². The fraction of sp³-hybridized carbons (Fsp3) is 0.778. The monoisotopic (exact) mass is 122 g/mol. The van der Waals surface area contributed by atoms with E-state index in [0.29, 0.717) is 0 Å². The van der Waals surface area contributed by atoms with E-state index in [4.69, 9.17) is 0 Å². The summed E-state index contributed by atoms with van der Waals surface area (Å²) in [6.07, 6.45) is 9.67. The van der Waals surface area contributed by atoms with Crippen LogP contribution in [0.5, 0.6) is 0 Å². The Balaban J connectivity index is 2.10. The van der Waals surface area contributed by atoms with Gasteiger partial charge < -0.3 is 0 Å². The van der Waals surface area contributed by atoms with Crippen molar-refractivity contribution in [3.05, 3.63) is 11.6 Å². The van der Waals surface area contributed by atoms with Crippen LogP contribution >= 0.6 is 0 Å². The Bertz CT molecular complexity index is 149. The van der Waals surface area contributed by atoms with Gasteiger partial charge in [0.15, 0.2) is 0 Å². The highest BCUT2D eigenvalue weighted by atomic mass is 14.5. The zero-order valence-corrected chi connectivity index (χ0v) is 6.11. The Kier molecular flexibility index (Phi) is 0.992. The van der Waals surface area contributed by atoms with E-state index in [1.165, 1.54) is 32.1 Å². The van der Waals surface area contributed by atoms with E-state index in [1.807, 2.05) is 0 Å². The molecule has 0 bridgehead atoms. The molecule has 50 valence electrons. The van der Waals surface area contributed by atoms with Crippen LogP contribution in [0.2, 0.25) is 0 Å². The largest absolute Gasteiger partial charge is 0.0856 e. The first kappa shape index (κ1) is 5.52. The van der Waals surface area contributed by atoms with Gasteiger partial charge in [-0.3, -0.25) is 0 Å². The molecule has 2 aliphatic carbocycles. The van der Waals surface area contributed by atoms with E-state index in [0.717, 1.165) is 5.41 Å². The van der Waals surface area contributed by atoms with Gasteiger partial charge in [0.1, 0.15) is 0 Å². The number of hydrogen-bond acceptors (Lipinski definition) is 0. The summed E-state index contributed by atoms with van der Waals surface area (Å²) >= 11 is 0. The predicted molar refractivity (Wildman–Crippen MR) is 39.3 cm³/mol. The van der Waals surface area contributed by atoms with E-state index in [9.17, 15) is 0 Å². The van der Waals surface area contributed by atoms with E-state index in [-0.39, 0.29) is 0 Å². The molecule has 9 heavy (non-hydrogen) atoms. The molecule has 2 aliphatic rings. The van der Waals surface area contributed by atoms with Crippen LogP contribution in [0.15, 0.2) is 11.6 Å². The van der Waals surface area contributed by atoms with Crippen LogP contribution in [0.4, 0.5) is 0 Å². The molecule has 0 heteroatoms. The van der Waals surface area contributed by atoms with Crippen molar-refractivity contribution in [3.8, 4) is 0 Å². The second-order valence-electron chi connectivity index (χ2n) is 3.77. The lowest BCUT2D eigenvalue weighted by Gasteiger charge is -2.19. The van der Waals surface area contributed by atoms with Crippen LogP contribution in [-0.4, -0.2) is 0 Å². The minimum absolute atomic E-state index is 0.832. The highest BCUT2D eigenvalue weighted by Gasteiger charge is 2.42. The summed E-state index contributed by atoms with van der Waals surface area (Å²) in [4.78, 5) is 0. The molecule has 0 aromatic carbocycles. The van der Waals surface area contributed by atoms with Gasteiger partial charge in [-0.15, -0.1) is 0 Å². The lowest BCUT2D eigenvalue weighted by Crippen LogP contribution is -2.04. The third-order valence-electron chi connectivity index (χ3n) is 2.78. The first-order valence-corrected chi connectivity index (χ1v) is 3.96. The molecular formula is C9H14. The Labute approximate surface area is 57.0 Å². The number of rotatable bonds is 0. The standard InChI is InChI=1S/C9H14/c1-8-3-2-4-9(7-8)5-6-9/h3H,2,4-7H2,1H3. The van der Waals surface area contributed by atoms with E-state index < -0.39 is 0 Å². The van der Waals surface area contributed by atoms with Gasteiger partial charge in [-0.1, -0.05) is 11.6 Å². The molecule has 0 aromatic rings. The van der Waals surface area contributed by atoms with E-state index in [1.54, 1.807) is 5.57 Å². The minimum Gasteiger partial charge on any atom is -0.0856 e. The summed E-state index contributed by atoms with van der Waals surface area (Å²) in [5.41, 5.74) is 2.47. The van der Waals surface area contributed by atoms with Gasteiger partial charge in [-0.05, 0) is 44.4 Å². The highest BCUT2D eigenvalue weighted by molar-refractivity contribution is 5.12. The first-order valence-electron chi connectivity index (χ1n) is 3.96. The third-order valence-corrected chi connectivity index (χ3v) is 2.78. The molecule has 0 heterocycles. The van der Waals surface area contributed by atoms with Crippen molar-refractivity contribution < 1.29 is 0 Å². The number of allylic oxidation sites excluding steroid dienone is 2. The molecule has 0 nitrogen and oxygen atoms in total. The topological polar surface area (TPSA) is 0 Å². The van der Waals surface area contributed by atoms with Crippen LogP contribution in [-0.2, 0) is 0 Å². The van der Waals surface area contributed by atoms with Crippen molar-refractivity contribution in [1.29, 1.82) is 0 Å². The molecular weight excluding hydrogens is 108 g/mol. The van der Waals surface area contributed by atoms with Crippen molar-refractivity contribution in [1.82, 2.24) is 0 Å². The van der Waals surface area contributed by atoms with E-state index >= 15 is 0 Å². The molecule has 0 aliphatic heterocycles. The van der Waals surface area contributed by atoms with Crippen molar-refractivity contribution in [2.45, 2.75) is 39.0 Å². The summed E-state index contributed by atoms with van der Waals surface area (Å²) < 4.78 is 0. The van der Waals surface area contributed by atoms with Crippen LogP contribution in [0.25, 0.3) is 0 Å². The predicted octanol–water partition coefficient (Wildman–Crippen LogP) is 2.90. The van der Waals surface area contributed by atoms with Crippen molar-refractivity contribution >= 4 is 0 Å². The summed E-state index contributed by atoms with van der Waals surface area (Å²) in [6, 6.07) is 0. The molecule has 0 amide bonds. The smallest absolute Gasteiger partial charge is 0.0257 e. The first-order chi connectivity index (χ1) is 4.31. The molecule has 1 spiro atoms. The molecule has 0 radical (unpaired) electrons. The maximum atomic E-state index is 2.41. The fourth-order valence-electron chi connectivity index (χ4n) is 1.98. The fourth-order valence-corrected chi connectivity index (χ4v) is 1.98. The van der Waals surface area contributed by atoms with Gasteiger partial charge in [0.2, 0.25) is 0 Å². The van der Waals surface area contributed by atoms with Gasteiger partial charge in [0.25, 0.3) is 0 Å². The average Bonchev–Trinajstić information content (AvgIpc) is 2.49. The van der Waals surface area contributed by atoms with Crippen LogP contribution < -0.4 is 0 Å². The third kappa shape index (κ3) is 0.910. The van der Waals surface area contributed by atoms with Crippen molar-refractivity contribution in [3.63, 3.8) is 0 Å². The maximum absolute atomic E-state index is 2.41. The lowest BCUT2D eigenvalue weighted by atomic mass is 9.87. The molecule has 0 aromatic heterocycles. The normalized spacial score (nSPS) is 30.1. The molecule has 1 saturated carbocycles. The average molecular weight is 122 g/mol. The lowest BCUT2D eigenvalue weighted by molar-refractivity contribution is 0.445. The van der Waals surface area contributed by atoms with E-state index in [2.05, 4.69) is 13.0 Å². The maximum Gasteiger partial charge on any atom is -0.0257 e. The molecule has 0 atom stereocenters. The summed E-state index contributed by atoms with van der Waals surface area (Å²) in [5, 5.41) is 0. The zero-order chi connectivity index (χ0) is 6.32. The van der Waals surface area contributed by atoms with Gasteiger partial charge in [0.05, 0.1) is 0 Å². The summed E-state index contributed by atoms with van der Waals surface area (Å²) in [7, 11) is 0. The Morgan fingerprint density at radius 1 is 1.33 bits per heavy atom. The van der Waals surface area contributed by atoms with Crippen LogP contribution in [0, 0.1) is 5.41 Å². The highest BCUT2D eigenvalue weighted by Crippen LogP contribution is 2.55. The zero-order valence-electron chi connectivity index (χ0n) is 6.11. The molecule has 2 rings (SSSR count). The summed E-state index contributed by atoms with van der Waals surface area (Å²) in [6.45, 7) is 2.28. The minimum atomic E-state index is 0.832. The number of hydrogen-bond donors (Lipinski definition) is 0. The molecule has 0 N–H and O–H groups in total. The molecule has 0 unspecified atom stereocenters. The van der Waals surface area contributed by atoms with Gasteiger partial charge in [-0.2, -0.15) is 0 Å². The second-order valence-corrected chi connectivity index (χ2v) is 3.77. The molecule has 1 fully saturated rings. The molecule has 0 saturated heterocycles. The van der Waals surface area contributed by atoms with Crippen molar-refractivity contribution in [2.24, 2.45) is 5.41 Å². The van der Waals surface area contributed by atoms with Crippen LogP contribution in [0.3, 0.4) is 0 Å². The Morgan fingerprint density at radius 2 is 2.11 bits per heavy atom. The van der Waals surface area contributed by atoms with Gasteiger partial charge >= 0.3 is 0 Å². The Morgan fingerprint density at radius 3 is 2.56 bits per heavy atom. The quantitative estimate of drug-likeness (QED) is 0.433. The Hall–Kier alpha value is -0.260. The van der Waals surface area contributed by atoms with Crippen molar-refractivity contribution in [2.75, 3.05) is 0 Å². The van der Waals surface area contributed by atoms with Gasteiger partial charge in [0, 0.05) is 0 Å².